The number of carboxylic acid groups (broad SMARTS) is 1. The summed E-state index contributed by atoms with van der Waals surface area (Å²) in [5, 5.41) is 9.13. The van der Waals surface area contributed by atoms with Gasteiger partial charge >= 0.3 is 5.97 Å². The Morgan fingerprint density at radius 2 is 2.14 bits per heavy atom. The zero-order valence-corrected chi connectivity index (χ0v) is 12.6. The molecule has 0 aliphatic carbocycles. The van der Waals surface area contributed by atoms with Gasteiger partial charge in [0.25, 0.3) is 0 Å². The Bertz CT molecular complexity index is 534. The molecule has 1 aliphatic rings. The number of carboxylic acids is 1. The van der Waals surface area contributed by atoms with Crippen molar-refractivity contribution in [3.8, 4) is 0 Å². The summed E-state index contributed by atoms with van der Waals surface area (Å²) in [5.74, 6) is -1.12. The molecule has 0 saturated carbocycles. The first-order valence-corrected chi connectivity index (χ1v) is 6.44. The minimum absolute atomic E-state index is 0. The van der Waals surface area contributed by atoms with Gasteiger partial charge < -0.3 is 20.5 Å². The van der Waals surface area contributed by atoms with Crippen molar-refractivity contribution in [1.29, 1.82) is 0 Å². The fourth-order valence-corrected chi connectivity index (χ4v) is 2.22. The zero-order chi connectivity index (χ0) is 14.7. The van der Waals surface area contributed by atoms with Gasteiger partial charge in [0.1, 0.15) is 6.61 Å². The van der Waals surface area contributed by atoms with Crippen molar-refractivity contribution in [3.05, 3.63) is 34.9 Å². The Hall–Kier alpha value is -1.63. The van der Waals surface area contributed by atoms with Crippen LogP contribution in [0.1, 0.15) is 28.4 Å². The van der Waals surface area contributed by atoms with E-state index in [1.165, 1.54) is 0 Å². The highest BCUT2D eigenvalue weighted by atomic mass is 35.5. The van der Waals surface area contributed by atoms with E-state index in [0.717, 1.165) is 5.56 Å². The van der Waals surface area contributed by atoms with Crippen molar-refractivity contribution in [2.45, 2.75) is 26.1 Å². The molecule has 1 aromatic rings. The zero-order valence-electron chi connectivity index (χ0n) is 11.7. The van der Waals surface area contributed by atoms with Crippen LogP contribution in [0.25, 0.3) is 0 Å². The molecule has 2 rings (SSSR count). The Balaban J connectivity index is 0.00000220. The van der Waals surface area contributed by atoms with Crippen LogP contribution >= 0.6 is 12.4 Å². The maximum Gasteiger partial charge on any atom is 0.336 e. The summed E-state index contributed by atoms with van der Waals surface area (Å²) in [6, 6.07) is 4.99. The van der Waals surface area contributed by atoms with Gasteiger partial charge in [0.2, 0.25) is 5.91 Å². The van der Waals surface area contributed by atoms with E-state index < -0.39 is 5.97 Å². The third-order valence-electron chi connectivity index (χ3n) is 3.17. The molecule has 0 radical (unpaired) electrons. The predicted molar refractivity (Wildman–Crippen MR) is 79.4 cm³/mol. The largest absolute Gasteiger partial charge is 0.478 e. The van der Waals surface area contributed by atoms with E-state index in [1.54, 1.807) is 24.0 Å². The summed E-state index contributed by atoms with van der Waals surface area (Å²) in [5.41, 5.74) is 7.39. The van der Waals surface area contributed by atoms with Crippen molar-refractivity contribution in [3.63, 3.8) is 0 Å². The predicted octanol–water partition coefficient (Wildman–Crippen LogP) is 1.01. The second kappa shape index (κ2) is 7.40. The molecule has 0 saturated heterocycles. The third-order valence-corrected chi connectivity index (χ3v) is 3.17. The molecule has 1 aliphatic heterocycles. The third kappa shape index (κ3) is 4.17. The molecule has 0 spiro atoms. The minimum Gasteiger partial charge on any atom is -0.478 e. The standard InChI is InChI=1S/C14H18N2O4.ClH/c1-9(15)7-20-8-13(17)16-5-10-3-2-4-11(14(18)19)12(10)6-16;/h2-4,9H,5-8,15H2,1H3,(H,18,19);1H. The van der Waals surface area contributed by atoms with E-state index in [0.29, 0.717) is 25.3 Å². The van der Waals surface area contributed by atoms with Crippen molar-refractivity contribution in [2.75, 3.05) is 13.2 Å². The van der Waals surface area contributed by atoms with Crippen LogP contribution in [-0.2, 0) is 22.6 Å². The lowest BCUT2D eigenvalue weighted by atomic mass is 10.0. The van der Waals surface area contributed by atoms with Gasteiger partial charge in [-0.2, -0.15) is 0 Å². The molecular formula is C14H19ClN2O4. The first-order valence-electron chi connectivity index (χ1n) is 6.44. The fourth-order valence-electron chi connectivity index (χ4n) is 2.22. The molecule has 0 fully saturated rings. The van der Waals surface area contributed by atoms with E-state index in [-0.39, 0.29) is 36.5 Å². The maximum absolute atomic E-state index is 12.0. The topological polar surface area (TPSA) is 92.9 Å². The van der Waals surface area contributed by atoms with Crippen molar-refractivity contribution in [2.24, 2.45) is 5.73 Å². The lowest BCUT2D eigenvalue weighted by Crippen LogP contribution is -2.31. The molecule has 3 N–H and O–H groups in total. The van der Waals surface area contributed by atoms with Crippen molar-refractivity contribution in [1.82, 2.24) is 4.90 Å². The molecular weight excluding hydrogens is 296 g/mol. The highest BCUT2D eigenvalue weighted by Crippen LogP contribution is 2.26. The minimum atomic E-state index is -0.968. The first kappa shape index (κ1) is 17.4. The molecule has 1 unspecified atom stereocenters. The molecule has 6 nitrogen and oxygen atoms in total. The number of nitrogens with two attached hydrogens (primary N) is 1. The summed E-state index contributed by atoms with van der Waals surface area (Å²) < 4.78 is 5.21. The number of hydrogen-bond acceptors (Lipinski definition) is 4. The van der Waals surface area contributed by atoms with Gasteiger partial charge in [-0.3, -0.25) is 4.79 Å². The van der Waals surface area contributed by atoms with Gasteiger partial charge in [0.15, 0.2) is 0 Å². The number of hydrogen-bond donors (Lipinski definition) is 2. The molecule has 0 bridgehead atoms. The lowest BCUT2D eigenvalue weighted by Gasteiger charge is -2.16. The molecule has 0 aromatic heterocycles. The highest BCUT2D eigenvalue weighted by molar-refractivity contribution is 5.90. The second-order valence-electron chi connectivity index (χ2n) is 4.99. The van der Waals surface area contributed by atoms with Crippen molar-refractivity contribution < 1.29 is 19.4 Å². The maximum atomic E-state index is 12.0. The Morgan fingerprint density at radius 1 is 1.43 bits per heavy atom. The van der Waals surface area contributed by atoms with Gasteiger partial charge in [-0.1, -0.05) is 12.1 Å². The van der Waals surface area contributed by atoms with E-state index in [9.17, 15) is 9.59 Å². The van der Waals surface area contributed by atoms with Crippen LogP contribution in [0.2, 0.25) is 0 Å². The number of carbonyl (C=O) groups is 2. The van der Waals surface area contributed by atoms with Crippen LogP contribution < -0.4 is 5.73 Å². The van der Waals surface area contributed by atoms with Gasteiger partial charge in [0.05, 0.1) is 12.2 Å². The number of nitrogens with zero attached hydrogens (tertiary/aromatic N) is 1. The van der Waals surface area contributed by atoms with Gasteiger partial charge in [-0.15, -0.1) is 12.4 Å². The van der Waals surface area contributed by atoms with Crippen LogP contribution in [-0.4, -0.2) is 41.1 Å². The van der Waals surface area contributed by atoms with E-state index in [4.69, 9.17) is 15.6 Å². The van der Waals surface area contributed by atoms with Gasteiger partial charge in [-0.25, -0.2) is 4.79 Å². The normalized spacial score (nSPS) is 14.3. The number of carbonyl (C=O) groups excluding carboxylic acids is 1. The molecule has 1 aromatic carbocycles. The second-order valence-corrected chi connectivity index (χ2v) is 4.99. The number of halogens is 1. The summed E-state index contributed by atoms with van der Waals surface area (Å²) >= 11 is 0. The van der Waals surface area contributed by atoms with Crippen LogP contribution in [0.15, 0.2) is 18.2 Å². The highest BCUT2D eigenvalue weighted by Gasteiger charge is 2.27. The number of ether oxygens (including phenoxy) is 1. The molecule has 1 heterocycles. The monoisotopic (exact) mass is 314 g/mol. The quantitative estimate of drug-likeness (QED) is 0.846. The Kier molecular flexibility index (Phi) is 6.14. The van der Waals surface area contributed by atoms with E-state index in [1.807, 2.05) is 6.07 Å². The van der Waals surface area contributed by atoms with Gasteiger partial charge in [0, 0.05) is 19.1 Å². The molecule has 21 heavy (non-hydrogen) atoms. The van der Waals surface area contributed by atoms with Gasteiger partial charge in [-0.05, 0) is 24.1 Å². The van der Waals surface area contributed by atoms with E-state index in [2.05, 4.69) is 0 Å². The average molecular weight is 315 g/mol. The molecule has 7 heteroatoms. The van der Waals surface area contributed by atoms with E-state index >= 15 is 0 Å². The first-order chi connectivity index (χ1) is 9.49. The van der Waals surface area contributed by atoms with Crippen LogP contribution in [0.3, 0.4) is 0 Å². The fraction of sp³-hybridized carbons (Fsp3) is 0.429. The van der Waals surface area contributed by atoms with Crippen LogP contribution in [0.4, 0.5) is 0 Å². The average Bonchev–Trinajstić information content (AvgIpc) is 2.81. The lowest BCUT2D eigenvalue weighted by molar-refractivity contribution is -0.136. The summed E-state index contributed by atoms with van der Waals surface area (Å²) in [7, 11) is 0. The molecule has 116 valence electrons. The number of aromatic carboxylic acids is 1. The Morgan fingerprint density at radius 3 is 2.76 bits per heavy atom. The molecule has 1 amide bonds. The summed E-state index contributed by atoms with van der Waals surface area (Å²) in [4.78, 5) is 24.7. The number of rotatable bonds is 5. The smallest absolute Gasteiger partial charge is 0.336 e. The van der Waals surface area contributed by atoms with Crippen molar-refractivity contribution >= 4 is 24.3 Å². The van der Waals surface area contributed by atoms with Crippen LogP contribution in [0.5, 0.6) is 0 Å². The number of amides is 1. The number of fused-ring (bicyclic) bond motifs is 1. The van der Waals surface area contributed by atoms with Crippen LogP contribution in [0, 0.1) is 0 Å². The molecule has 1 atom stereocenters. The SMILES string of the molecule is CC(N)COCC(=O)N1Cc2cccc(C(=O)O)c2C1.Cl. The Labute approximate surface area is 129 Å². The number of benzene rings is 1. The summed E-state index contributed by atoms with van der Waals surface area (Å²) in [6.07, 6.45) is 0. The summed E-state index contributed by atoms with van der Waals surface area (Å²) in [6.45, 7) is 2.84.